The highest BCUT2D eigenvalue weighted by Crippen LogP contribution is 2.23. The zero-order valence-electron chi connectivity index (χ0n) is 15.5. The van der Waals surface area contributed by atoms with Gasteiger partial charge in [0.25, 0.3) is 0 Å². The summed E-state index contributed by atoms with van der Waals surface area (Å²) in [4.78, 5) is 28.9. The van der Waals surface area contributed by atoms with Crippen LogP contribution in [0.25, 0.3) is 0 Å². The molecule has 0 bridgehead atoms. The number of aromatic hydroxyl groups is 1. The van der Waals surface area contributed by atoms with Crippen molar-refractivity contribution in [1.29, 1.82) is 0 Å². The Hall–Kier alpha value is -2.04. The van der Waals surface area contributed by atoms with E-state index >= 15 is 0 Å². The Labute approximate surface area is 156 Å². The second-order valence-electron chi connectivity index (χ2n) is 7.57. The number of nitrogens with zero attached hydrogens (tertiary/aromatic N) is 2. The number of piperidine rings is 1. The third kappa shape index (κ3) is 4.99. The van der Waals surface area contributed by atoms with Crippen molar-refractivity contribution in [2.24, 2.45) is 0 Å². The van der Waals surface area contributed by atoms with E-state index in [0.717, 1.165) is 64.5 Å². The van der Waals surface area contributed by atoms with E-state index in [-0.39, 0.29) is 30.2 Å². The predicted molar refractivity (Wildman–Crippen MR) is 101 cm³/mol. The Morgan fingerprint density at radius 3 is 2.62 bits per heavy atom. The topological polar surface area (TPSA) is 60.9 Å². The number of phenolic OH excluding ortho intramolecular Hbond substituents is 1. The first-order chi connectivity index (χ1) is 12.6. The van der Waals surface area contributed by atoms with Crippen LogP contribution in [0.1, 0.15) is 56.9 Å². The van der Waals surface area contributed by atoms with Crippen LogP contribution in [0.5, 0.6) is 5.75 Å². The molecule has 0 aliphatic carbocycles. The summed E-state index contributed by atoms with van der Waals surface area (Å²) in [7, 11) is 0. The molecular formula is C21H30N2O3. The molecule has 0 saturated carbocycles. The van der Waals surface area contributed by atoms with Gasteiger partial charge in [-0.2, -0.15) is 0 Å². The molecule has 3 rings (SSSR count). The molecule has 1 N–H and O–H groups in total. The molecule has 0 radical (unpaired) electrons. The molecule has 0 unspecified atom stereocenters. The van der Waals surface area contributed by atoms with Crippen LogP contribution in [0, 0.1) is 0 Å². The van der Waals surface area contributed by atoms with E-state index in [1.54, 1.807) is 17.0 Å². The van der Waals surface area contributed by atoms with E-state index in [1.807, 2.05) is 17.0 Å². The molecule has 2 fully saturated rings. The Balaban J connectivity index is 1.57. The van der Waals surface area contributed by atoms with E-state index in [2.05, 4.69) is 0 Å². The minimum atomic E-state index is 0.107. The molecule has 1 aromatic rings. The SMILES string of the molecule is O=C1CCCCCN1CC(=O)N1CCCC[C@@H]1CCc1ccc(O)cc1. The summed E-state index contributed by atoms with van der Waals surface area (Å²) in [5.74, 6) is 0.523. The third-order valence-corrected chi connectivity index (χ3v) is 5.65. The van der Waals surface area contributed by atoms with Gasteiger partial charge in [0.2, 0.25) is 11.8 Å². The van der Waals surface area contributed by atoms with Crippen LogP contribution in [0.2, 0.25) is 0 Å². The maximum atomic E-state index is 12.9. The normalized spacial score (nSPS) is 21.5. The van der Waals surface area contributed by atoms with Gasteiger partial charge in [-0.05, 0) is 62.6 Å². The highest BCUT2D eigenvalue weighted by molar-refractivity contribution is 5.85. The molecule has 5 heteroatoms. The minimum Gasteiger partial charge on any atom is -0.508 e. The number of likely N-dealkylation sites (tertiary alicyclic amines) is 2. The van der Waals surface area contributed by atoms with E-state index in [4.69, 9.17) is 0 Å². The van der Waals surface area contributed by atoms with Gasteiger partial charge in [-0.25, -0.2) is 0 Å². The molecule has 0 aromatic heterocycles. The van der Waals surface area contributed by atoms with Gasteiger partial charge in [0.05, 0.1) is 6.54 Å². The summed E-state index contributed by atoms with van der Waals surface area (Å²) in [5, 5.41) is 9.40. The zero-order chi connectivity index (χ0) is 18.4. The molecular weight excluding hydrogens is 328 g/mol. The van der Waals surface area contributed by atoms with Crippen LogP contribution < -0.4 is 0 Å². The van der Waals surface area contributed by atoms with Crippen molar-refractivity contribution in [3.8, 4) is 5.75 Å². The van der Waals surface area contributed by atoms with E-state index in [0.29, 0.717) is 6.42 Å². The second kappa shape index (κ2) is 9.06. The number of benzene rings is 1. The van der Waals surface area contributed by atoms with Crippen LogP contribution >= 0.6 is 0 Å². The van der Waals surface area contributed by atoms with Crippen LogP contribution in [0.4, 0.5) is 0 Å². The lowest BCUT2D eigenvalue weighted by molar-refractivity contribution is -0.142. The number of amides is 2. The predicted octanol–water partition coefficient (Wildman–Crippen LogP) is 3.11. The van der Waals surface area contributed by atoms with Crippen LogP contribution in [0.15, 0.2) is 24.3 Å². The van der Waals surface area contributed by atoms with Crippen molar-refractivity contribution in [1.82, 2.24) is 9.80 Å². The molecule has 2 aliphatic heterocycles. The monoisotopic (exact) mass is 358 g/mol. The van der Waals surface area contributed by atoms with Crippen molar-refractivity contribution in [3.63, 3.8) is 0 Å². The highest BCUT2D eigenvalue weighted by atomic mass is 16.3. The summed E-state index contributed by atoms with van der Waals surface area (Å²) in [5.41, 5.74) is 1.18. The quantitative estimate of drug-likeness (QED) is 0.880. The fourth-order valence-electron chi connectivity index (χ4n) is 4.08. The average Bonchev–Trinajstić information content (AvgIpc) is 2.86. The Bertz CT molecular complexity index is 614. The van der Waals surface area contributed by atoms with E-state index in [1.165, 1.54) is 5.56 Å². The van der Waals surface area contributed by atoms with E-state index in [9.17, 15) is 14.7 Å². The summed E-state index contributed by atoms with van der Waals surface area (Å²) >= 11 is 0. The second-order valence-corrected chi connectivity index (χ2v) is 7.57. The first-order valence-electron chi connectivity index (χ1n) is 9.98. The van der Waals surface area contributed by atoms with Crippen molar-refractivity contribution in [3.05, 3.63) is 29.8 Å². The van der Waals surface area contributed by atoms with Gasteiger partial charge in [-0.1, -0.05) is 18.6 Å². The maximum absolute atomic E-state index is 12.9. The van der Waals surface area contributed by atoms with Gasteiger partial charge < -0.3 is 14.9 Å². The number of aryl methyl sites for hydroxylation is 1. The minimum absolute atomic E-state index is 0.107. The van der Waals surface area contributed by atoms with Gasteiger partial charge in [0, 0.05) is 25.6 Å². The molecule has 2 aliphatic rings. The standard InChI is InChI=1S/C21H30N2O3/c24-19-12-9-17(10-13-19)8-11-18-6-3-5-15-23(18)21(26)16-22-14-4-1-2-7-20(22)25/h9-10,12-13,18,24H,1-8,11,14-16H2/t18-/m1/s1. The van der Waals surface area contributed by atoms with Crippen molar-refractivity contribution < 1.29 is 14.7 Å². The van der Waals surface area contributed by atoms with Gasteiger partial charge in [0.15, 0.2) is 0 Å². The maximum Gasteiger partial charge on any atom is 0.242 e. The first-order valence-corrected chi connectivity index (χ1v) is 9.98. The van der Waals surface area contributed by atoms with Crippen LogP contribution in [-0.4, -0.2) is 52.4 Å². The van der Waals surface area contributed by atoms with Crippen LogP contribution in [-0.2, 0) is 16.0 Å². The van der Waals surface area contributed by atoms with Crippen molar-refractivity contribution in [2.75, 3.05) is 19.6 Å². The fraction of sp³-hybridized carbons (Fsp3) is 0.619. The number of hydrogen-bond donors (Lipinski definition) is 1. The molecule has 2 saturated heterocycles. The Morgan fingerprint density at radius 2 is 1.81 bits per heavy atom. The van der Waals surface area contributed by atoms with Crippen molar-refractivity contribution in [2.45, 2.75) is 63.8 Å². The smallest absolute Gasteiger partial charge is 0.242 e. The van der Waals surface area contributed by atoms with Gasteiger partial charge in [0.1, 0.15) is 5.75 Å². The Morgan fingerprint density at radius 1 is 1.04 bits per heavy atom. The summed E-state index contributed by atoms with van der Waals surface area (Å²) in [6.45, 7) is 1.77. The molecule has 2 heterocycles. The molecule has 26 heavy (non-hydrogen) atoms. The lowest BCUT2D eigenvalue weighted by atomic mass is 9.95. The van der Waals surface area contributed by atoms with Gasteiger partial charge >= 0.3 is 0 Å². The number of carbonyl (C=O) groups excluding carboxylic acids is 2. The molecule has 1 atom stereocenters. The highest BCUT2D eigenvalue weighted by Gasteiger charge is 2.29. The molecule has 142 valence electrons. The molecule has 0 spiro atoms. The van der Waals surface area contributed by atoms with E-state index < -0.39 is 0 Å². The zero-order valence-corrected chi connectivity index (χ0v) is 15.5. The van der Waals surface area contributed by atoms with Crippen LogP contribution in [0.3, 0.4) is 0 Å². The first kappa shape index (κ1) is 18.7. The number of carbonyl (C=O) groups is 2. The van der Waals surface area contributed by atoms with Crippen molar-refractivity contribution >= 4 is 11.8 Å². The lowest BCUT2D eigenvalue weighted by Gasteiger charge is -2.37. The van der Waals surface area contributed by atoms with Gasteiger partial charge in [-0.15, -0.1) is 0 Å². The number of rotatable bonds is 5. The lowest BCUT2D eigenvalue weighted by Crippen LogP contribution is -2.49. The molecule has 1 aromatic carbocycles. The third-order valence-electron chi connectivity index (χ3n) is 5.65. The summed E-state index contributed by atoms with van der Waals surface area (Å²) in [6.07, 6.45) is 8.69. The largest absolute Gasteiger partial charge is 0.508 e. The molecule has 5 nitrogen and oxygen atoms in total. The Kier molecular flexibility index (Phi) is 6.53. The van der Waals surface area contributed by atoms with Gasteiger partial charge in [-0.3, -0.25) is 9.59 Å². The summed E-state index contributed by atoms with van der Waals surface area (Å²) in [6, 6.07) is 7.57. The fourth-order valence-corrected chi connectivity index (χ4v) is 4.08. The number of phenols is 1. The number of hydrogen-bond acceptors (Lipinski definition) is 3. The molecule has 2 amide bonds. The average molecular weight is 358 g/mol. The summed E-state index contributed by atoms with van der Waals surface area (Å²) < 4.78 is 0.